The summed E-state index contributed by atoms with van der Waals surface area (Å²) in [5.74, 6) is 0. The molecule has 0 saturated carbocycles. The van der Waals surface area contributed by atoms with E-state index in [1.165, 1.54) is 16.9 Å². The summed E-state index contributed by atoms with van der Waals surface area (Å²) in [5, 5.41) is 1.77. The zero-order valence-electron chi connectivity index (χ0n) is 6.99. The van der Waals surface area contributed by atoms with Gasteiger partial charge < -0.3 is 0 Å². The van der Waals surface area contributed by atoms with E-state index >= 15 is 0 Å². The Hall–Kier alpha value is -1.01. The molecule has 1 atom stereocenters. The second-order valence-corrected chi connectivity index (χ2v) is 3.66. The number of hydrogen-bond acceptors (Lipinski definition) is 2. The van der Waals surface area contributed by atoms with Crippen molar-refractivity contribution in [2.24, 2.45) is 0 Å². The van der Waals surface area contributed by atoms with E-state index in [1.807, 2.05) is 24.3 Å². The van der Waals surface area contributed by atoms with Crippen molar-refractivity contribution in [1.82, 2.24) is 0 Å². The summed E-state index contributed by atoms with van der Waals surface area (Å²) in [6.07, 6.45) is 0. The molecule has 0 N–H and O–H groups in total. The van der Waals surface area contributed by atoms with Gasteiger partial charge in [-0.3, -0.25) is 0 Å². The molecule has 0 bridgehead atoms. The summed E-state index contributed by atoms with van der Waals surface area (Å²) < 4.78 is 5.14. The van der Waals surface area contributed by atoms with Crippen LogP contribution in [0.25, 0.3) is 11.0 Å². The van der Waals surface area contributed by atoms with E-state index in [9.17, 15) is 4.79 Å². The van der Waals surface area contributed by atoms with Crippen LogP contribution in [0.1, 0.15) is 5.56 Å². The average molecular weight is 236 g/mol. The summed E-state index contributed by atoms with van der Waals surface area (Å²) in [6.45, 7) is 0. The number of hydrogen-bond donors (Lipinski definition) is 0. The summed E-state index contributed by atoms with van der Waals surface area (Å²) in [5.41, 5.74) is 1.22. The molecule has 1 heterocycles. The maximum atomic E-state index is 11.3. The van der Waals surface area contributed by atoms with Gasteiger partial charge in [-0.25, -0.2) is 0 Å². The van der Waals surface area contributed by atoms with E-state index in [0.29, 0.717) is 5.58 Å². The first-order chi connectivity index (χ1) is 6.31. The normalized spacial score (nSPS) is 10.5. The fraction of sp³-hybridized carbons (Fsp3) is 0.100. The van der Waals surface area contributed by atoms with Crippen LogP contribution >= 0.6 is 0 Å². The Morgan fingerprint density at radius 1 is 1.31 bits per heavy atom. The van der Waals surface area contributed by atoms with Gasteiger partial charge in [0.15, 0.2) is 0 Å². The molecule has 0 aliphatic carbocycles. The molecule has 2 rings (SSSR count). The van der Waals surface area contributed by atoms with Crippen molar-refractivity contribution < 1.29 is 4.42 Å². The van der Waals surface area contributed by atoms with E-state index in [1.54, 1.807) is 6.07 Å². The molecule has 0 aliphatic heterocycles. The Kier molecular flexibility index (Phi) is 2.24. The molecular formula is C10H9AsO2. The van der Waals surface area contributed by atoms with Gasteiger partial charge in [0, 0.05) is 0 Å². The molecule has 0 radical (unpaired) electrons. The maximum absolute atomic E-state index is 11.3. The molecule has 13 heavy (non-hydrogen) atoms. The van der Waals surface area contributed by atoms with Crippen molar-refractivity contribution in [3.8, 4) is 0 Å². The standard InChI is InChI=1S/C10H9AsO2/c11-6-8-5-7-3-1-2-4-9(7)13-10(8)12/h1-5H,6,11H2. The number of para-hydroxylation sites is 1. The van der Waals surface area contributed by atoms with Gasteiger partial charge in [0.1, 0.15) is 0 Å². The molecule has 0 spiro atoms. The van der Waals surface area contributed by atoms with Crippen LogP contribution in [0.15, 0.2) is 39.5 Å². The Labute approximate surface area is 84.1 Å². The molecule has 1 aromatic heterocycles. The van der Waals surface area contributed by atoms with E-state index in [4.69, 9.17) is 4.42 Å². The molecule has 1 unspecified atom stereocenters. The van der Waals surface area contributed by atoms with Gasteiger partial charge in [-0.05, 0) is 0 Å². The second kappa shape index (κ2) is 3.39. The van der Waals surface area contributed by atoms with Crippen molar-refractivity contribution in [2.45, 2.75) is 5.21 Å². The second-order valence-electron chi connectivity index (χ2n) is 2.80. The van der Waals surface area contributed by atoms with Gasteiger partial charge in [0.05, 0.1) is 0 Å². The molecule has 2 aromatic rings. The SMILES string of the molecule is O=c1oc2ccccc2cc1C[AsH2]. The molecule has 0 amide bonds. The van der Waals surface area contributed by atoms with Gasteiger partial charge in [-0.2, -0.15) is 0 Å². The van der Waals surface area contributed by atoms with Crippen LogP contribution < -0.4 is 5.63 Å². The van der Waals surface area contributed by atoms with Crippen LogP contribution in [0.4, 0.5) is 0 Å². The molecule has 0 fully saturated rings. The van der Waals surface area contributed by atoms with Crippen molar-refractivity contribution >= 4 is 27.8 Å². The predicted molar refractivity (Wildman–Crippen MR) is 54.7 cm³/mol. The van der Waals surface area contributed by atoms with E-state index in [2.05, 4.69) is 0 Å². The predicted octanol–water partition coefficient (Wildman–Crippen LogP) is 0.926. The minimum absolute atomic E-state index is 0.205. The summed E-state index contributed by atoms with van der Waals surface area (Å²) in [6, 6.07) is 9.46. The summed E-state index contributed by atoms with van der Waals surface area (Å²) >= 11 is 1.52. The topological polar surface area (TPSA) is 30.2 Å². The van der Waals surface area contributed by atoms with Crippen LogP contribution in [0.3, 0.4) is 0 Å². The minimum atomic E-state index is -0.205. The first-order valence-corrected chi connectivity index (χ1v) is 5.74. The monoisotopic (exact) mass is 236 g/mol. The van der Waals surface area contributed by atoms with Gasteiger partial charge in [0.2, 0.25) is 0 Å². The molecule has 2 nitrogen and oxygen atoms in total. The third-order valence-corrected chi connectivity index (χ3v) is 2.86. The molecule has 66 valence electrons. The fourth-order valence-electron chi connectivity index (χ4n) is 1.25. The first-order valence-electron chi connectivity index (χ1n) is 4.03. The molecule has 1 aromatic carbocycles. The van der Waals surface area contributed by atoms with Gasteiger partial charge in [-0.15, -0.1) is 0 Å². The van der Waals surface area contributed by atoms with E-state index < -0.39 is 0 Å². The van der Waals surface area contributed by atoms with Crippen molar-refractivity contribution in [1.29, 1.82) is 0 Å². The molecular weight excluding hydrogens is 227 g/mol. The fourth-order valence-corrected chi connectivity index (χ4v) is 1.84. The Bertz CT molecular complexity index is 487. The van der Waals surface area contributed by atoms with E-state index in [0.717, 1.165) is 16.2 Å². The Morgan fingerprint density at radius 2 is 2.08 bits per heavy atom. The van der Waals surface area contributed by atoms with Crippen LogP contribution in [0.2, 0.25) is 0 Å². The quantitative estimate of drug-likeness (QED) is 0.544. The molecule has 0 saturated heterocycles. The van der Waals surface area contributed by atoms with Crippen molar-refractivity contribution in [3.05, 3.63) is 46.3 Å². The Balaban J connectivity index is 2.81. The zero-order chi connectivity index (χ0) is 9.26. The summed E-state index contributed by atoms with van der Waals surface area (Å²) in [7, 11) is 0. The zero-order valence-corrected chi connectivity index (χ0v) is 9.41. The third-order valence-electron chi connectivity index (χ3n) is 1.93. The first kappa shape index (κ1) is 8.58. The number of benzene rings is 1. The average Bonchev–Trinajstić information content (AvgIpc) is 2.17. The van der Waals surface area contributed by atoms with Crippen molar-refractivity contribution in [3.63, 3.8) is 0 Å². The van der Waals surface area contributed by atoms with Gasteiger partial charge in [0.25, 0.3) is 0 Å². The Morgan fingerprint density at radius 3 is 2.85 bits per heavy atom. The van der Waals surface area contributed by atoms with E-state index in [-0.39, 0.29) is 5.63 Å². The van der Waals surface area contributed by atoms with Crippen LogP contribution in [-0.2, 0) is 5.21 Å². The van der Waals surface area contributed by atoms with Crippen molar-refractivity contribution in [2.75, 3.05) is 0 Å². The number of rotatable bonds is 1. The molecule has 3 heteroatoms. The van der Waals surface area contributed by atoms with Crippen LogP contribution in [0, 0.1) is 0 Å². The van der Waals surface area contributed by atoms with Crippen LogP contribution in [-0.4, -0.2) is 16.9 Å². The molecule has 0 aliphatic rings. The van der Waals surface area contributed by atoms with Crippen LogP contribution in [0.5, 0.6) is 0 Å². The van der Waals surface area contributed by atoms with Gasteiger partial charge >= 0.3 is 83.8 Å². The number of fused-ring (bicyclic) bond motifs is 1. The summed E-state index contributed by atoms with van der Waals surface area (Å²) in [4.78, 5) is 11.3. The third kappa shape index (κ3) is 1.54. The van der Waals surface area contributed by atoms with Gasteiger partial charge in [-0.1, -0.05) is 0 Å².